The second kappa shape index (κ2) is 12.2. The highest BCUT2D eigenvalue weighted by Gasteiger charge is 2.09. The number of rotatable bonds is 9. The van der Waals surface area contributed by atoms with Crippen LogP contribution in [0, 0.1) is 5.82 Å². The lowest BCUT2D eigenvalue weighted by atomic mass is 10.3. The first-order valence-corrected chi connectivity index (χ1v) is 9.53. The fourth-order valence-electron chi connectivity index (χ4n) is 2.59. The van der Waals surface area contributed by atoms with Crippen molar-refractivity contribution in [2.45, 2.75) is 26.4 Å². The molecule has 8 nitrogen and oxygen atoms in total. The molecule has 1 aromatic carbocycles. The lowest BCUT2D eigenvalue weighted by Gasteiger charge is -2.15. The molecule has 0 amide bonds. The van der Waals surface area contributed by atoms with Gasteiger partial charge < -0.3 is 19.8 Å². The van der Waals surface area contributed by atoms with Gasteiger partial charge in [0, 0.05) is 25.6 Å². The zero-order valence-corrected chi connectivity index (χ0v) is 19.2. The average molecular weight is 528 g/mol. The Morgan fingerprint density at radius 2 is 2.17 bits per heavy atom. The Kier molecular flexibility index (Phi) is 9.58. The first-order chi connectivity index (χ1) is 14.1. The number of aliphatic imine (C=N–C) groups is 1. The van der Waals surface area contributed by atoms with Crippen molar-refractivity contribution in [3.8, 4) is 17.3 Å². The number of aromatic amines is 1. The van der Waals surface area contributed by atoms with Gasteiger partial charge in [0.25, 0.3) is 0 Å². The summed E-state index contributed by atoms with van der Waals surface area (Å²) in [6.07, 6.45) is 2.04. The van der Waals surface area contributed by atoms with Gasteiger partial charge in [0.15, 0.2) is 11.7 Å². The second-order valence-corrected chi connectivity index (χ2v) is 6.37. The van der Waals surface area contributed by atoms with Gasteiger partial charge in [-0.05, 0) is 38.1 Å². The van der Waals surface area contributed by atoms with Crippen LogP contribution >= 0.6 is 24.0 Å². The van der Waals surface area contributed by atoms with Crippen LogP contribution in [0.2, 0.25) is 0 Å². The molecule has 0 aliphatic carbocycles. The molecule has 2 heterocycles. The number of furan rings is 1. The summed E-state index contributed by atoms with van der Waals surface area (Å²) in [5, 5.41) is 13.5. The van der Waals surface area contributed by atoms with E-state index in [0.717, 1.165) is 12.4 Å². The average Bonchev–Trinajstić information content (AvgIpc) is 3.38. The van der Waals surface area contributed by atoms with Gasteiger partial charge in [0.2, 0.25) is 5.82 Å². The minimum absolute atomic E-state index is 0. The molecule has 0 fully saturated rings. The molecule has 0 saturated carbocycles. The molecule has 0 aliphatic heterocycles. The third-order valence-electron chi connectivity index (χ3n) is 3.91. The maximum atomic E-state index is 13.2. The van der Waals surface area contributed by atoms with Crippen LogP contribution in [0.15, 0.2) is 52.1 Å². The first kappa shape index (κ1) is 23.6. The molecular formula is C20H26FIN6O2. The molecule has 162 valence electrons. The van der Waals surface area contributed by atoms with E-state index in [1.165, 1.54) is 12.1 Å². The molecule has 0 spiro atoms. The first-order valence-electron chi connectivity index (χ1n) is 9.53. The number of benzene rings is 1. The highest BCUT2D eigenvalue weighted by molar-refractivity contribution is 14.0. The number of nitrogens with one attached hydrogen (secondary N) is 3. The van der Waals surface area contributed by atoms with E-state index in [1.54, 1.807) is 24.5 Å². The van der Waals surface area contributed by atoms with Crippen molar-refractivity contribution in [2.75, 3.05) is 19.6 Å². The molecule has 0 saturated heterocycles. The summed E-state index contributed by atoms with van der Waals surface area (Å²) in [6, 6.07) is 9.69. The van der Waals surface area contributed by atoms with Crippen LogP contribution in [-0.4, -0.2) is 46.9 Å². The topological polar surface area (TPSA) is 100 Å². The van der Waals surface area contributed by atoms with Crippen LogP contribution in [0.3, 0.4) is 0 Å². The molecule has 1 unspecified atom stereocenters. The molecule has 1 atom stereocenters. The molecule has 3 aromatic rings. The summed E-state index contributed by atoms with van der Waals surface area (Å²) in [5.74, 6) is 2.76. The Morgan fingerprint density at radius 3 is 2.90 bits per heavy atom. The zero-order valence-electron chi connectivity index (χ0n) is 16.9. The lowest BCUT2D eigenvalue weighted by molar-refractivity contribution is 0.229. The van der Waals surface area contributed by atoms with Crippen molar-refractivity contribution in [1.29, 1.82) is 0 Å². The molecule has 30 heavy (non-hydrogen) atoms. The van der Waals surface area contributed by atoms with E-state index in [4.69, 9.17) is 9.15 Å². The fourth-order valence-corrected chi connectivity index (χ4v) is 2.59. The predicted octanol–water partition coefficient (Wildman–Crippen LogP) is 3.39. The summed E-state index contributed by atoms with van der Waals surface area (Å²) in [4.78, 5) is 8.94. The highest BCUT2D eigenvalue weighted by Crippen LogP contribution is 2.15. The van der Waals surface area contributed by atoms with Crippen LogP contribution in [0.25, 0.3) is 11.6 Å². The van der Waals surface area contributed by atoms with E-state index in [1.807, 2.05) is 19.9 Å². The largest absolute Gasteiger partial charge is 0.489 e. The second-order valence-electron chi connectivity index (χ2n) is 6.37. The van der Waals surface area contributed by atoms with E-state index in [0.29, 0.717) is 42.8 Å². The van der Waals surface area contributed by atoms with Gasteiger partial charge in [0.05, 0.1) is 12.8 Å². The minimum atomic E-state index is -0.323. The maximum Gasteiger partial charge on any atom is 0.216 e. The van der Waals surface area contributed by atoms with Crippen LogP contribution in [0.4, 0.5) is 4.39 Å². The Balaban J connectivity index is 0.00000320. The SMILES string of the molecule is CCNC(=NCC(C)Oc1cccc(F)c1)NCCc1nc(-c2ccco2)n[nH]1.I. The molecule has 0 bridgehead atoms. The molecule has 0 radical (unpaired) electrons. The number of aromatic nitrogens is 3. The van der Waals surface area contributed by atoms with Crippen molar-refractivity contribution in [3.63, 3.8) is 0 Å². The van der Waals surface area contributed by atoms with Gasteiger partial charge in [-0.1, -0.05) is 6.07 Å². The zero-order chi connectivity index (χ0) is 20.5. The molecule has 0 aliphatic rings. The quantitative estimate of drug-likeness (QED) is 0.224. The van der Waals surface area contributed by atoms with Gasteiger partial charge in [-0.2, -0.15) is 5.10 Å². The molecule has 3 N–H and O–H groups in total. The van der Waals surface area contributed by atoms with E-state index in [2.05, 4.69) is 30.8 Å². The Labute approximate surface area is 191 Å². The Bertz CT molecular complexity index is 916. The third kappa shape index (κ3) is 7.32. The van der Waals surface area contributed by atoms with Crippen LogP contribution in [-0.2, 0) is 6.42 Å². The van der Waals surface area contributed by atoms with E-state index >= 15 is 0 Å². The number of guanidine groups is 1. The summed E-state index contributed by atoms with van der Waals surface area (Å²) in [5.41, 5.74) is 0. The summed E-state index contributed by atoms with van der Waals surface area (Å²) >= 11 is 0. The third-order valence-corrected chi connectivity index (χ3v) is 3.91. The van der Waals surface area contributed by atoms with Crippen molar-refractivity contribution in [2.24, 2.45) is 4.99 Å². The summed E-state index contributed by atoms with van der Waals surface area (Å²) in [6.45, 7) is 5.67. The normalized spacial score (nSPS) is 12.2. The van der Waals surface area contributed by atoms with Gasteiger partial charge in [-0.3, -0.25) is 5.10 Å². The van der Waals surface area contributed by atoms with Gasteiger partial charge >= 0.3 is 0 Å². The minimum Gasteiger partial charge on any atom is -0.489 e. The van der Waals surface area contributed by atoms with Crippen LogP contribution < -0.4 is 15.4 Å². The summed E-state index contributed by atoms with van der Waals surface area (Å²) < 4.78 is 24.2. The number of H-pyrrole nitrogens is 1. The number of hydrogen-bond donors (Lipinski definition) is 3. The van der Waals surface area contributed by atoms with Gasteiger partial charge in [0.1, 0.15) is 23.5 Å². The fraction of sp³-hybridized carbons (Fsp3) is 0.350. The van der Waals surface area contributed by atoms with E-state index in [-0.39, 0.29) is 35.9 Å². The Morgan fingerprint density at radius 1 is 1.30 bits per heavy atom. The van der Waals surface area contributed by atoms with Gasteiger partial charge in [-0.25, -0.2) is 14.4 Å². The van der Waals surface area contributed by atoms with Crippen molar-refractivity contribution >= 4 is 29.9 Å². The monoisotopic (exact) mass is 528 g/mol. The highest BCUT2D eigenvalue weighted by atomic mass is 127. The molecule has 2 aromatic heterocycles. The van der Waals surface area contributed by atoms with Crippen molar-refractivity contribution < 1.29 is 13.5 Å². The van der Waals surface area contributed by atoms with Crippen molar-refractivity contribution in [3.05, 3.63) is 54.3 Å². The van der Waals surface area contributed by atoms with E-state index < -0.39 is 0 Å². The molecule has 3 rings (SSSR count). The summed E-state index contributed by atoms with van der Waals surface area (Å²) in [7, 11) is 0. The van der Waals surface area contributed by atoms with Crippen LogP contribution in [0.5, 0.6) is 5.75 Å². The van der Waals surface area contributed by atoms with Crippen molar-refractivity contribution in [1.82, 2.24) is 25.8 Å². The standard InChI is InChI=1S/C20H25FN6O2.HI/c1-3-22-20(24-13-14(2)29-16-7-4-6-15(21)12-16)23-10-9-18-25-19(27-26-18)17-8-5-11-28-17;/h4-8,11-12,14H,3,9-10,13H2,1-2H3,(H2,22,23,24)(H,25,26,27);1H. The number of ether oxygens (including phenoxy) is 1. The number of nitrogens with zero attached hydrogens (tertiary/aromatic N) is 3. The van der Waals surface area contributed by atoms with Gasteiger partial charge in [-0.15, -0.1) is 24.0 Å². The molecule has 10 heteroatoms. The number of halogens is 2. The maximum absolute atomic E-state index is 13.2. The smallest absolute Gasteiger partial charge is 0.216 e. The molecular weight excluding hydrogens is 502 g/mol. The van der Waals surface area contributed by atoms with Crippen LogP contribution in [0.1, 0.15) is 19.7 Å². The van der Waals surface area contributed by atoms with E-state index in [9.17, 15) is 4.39 Å². The number of hydrogen-bond acceptors (Lipinski definition) is 5. The predicted molar refractivity (Wildman–Crippen MR) is 124 cm³/mol. The lowest BCUT2D eigenvalue weighted by Crippen LogP contribution is -2.39. The Hall–Kier alpha value is -2.63.